The molecule has 0 atom stereocenters. The number of ether oxygens (including phenoxy) is 3. The summed E-state index contributed by atoms with van der Waals surface area (Å²) in [5.41, 5.74) is 1.30. The normalized spacial score (nSPS) is 10.3. The molecular weight excluding hydrogens is 354 g/mol. The van der Waals surface area contributed by atoms with Crippen LogP contribution in [0.25, 0.3) is 10.6 Å². The van der Waals surface area contributed by atoms with Crippen molar-refractivity contribution in [2.75, 3.05) is 26.6 Å². The Bertz CT molecular complexity index is 887. The van der Waals surface area contributed by atoms with Gasteiger partial charge in [-0.25, -0.2) is 0 Å². The van der Waals surface area contributed by atoms with Gasteiger partial charge in [0.05, 0.1) is 21.3 Å². The average Bonchev–Trinajstić information content (AvgIpc) is 3.15. The molecule has 8 heteroatoms. The highest BCUT2D eigenvalue weighted by atomic mass is 32.1. The lowest BCUT2D eigenvalue weighted by molar-refractivity contribution is 0.102. The molecule has 26 heavy (non-hydrogen) atoms. The van der Waals surface area contributed by atoms with Crippen molar-refractivity contribution in [1.29, 1.82) is 0 Å². The standard InChI is InChI=1S/C18H17N3O4S/c1-23-13-9-12(10-14(24-2)15(13)25-3)17-20-21-18(26-17)19-16(22)11-7-5-4-6-8-11/h4-10H,1-3H3,(H,19,21,22). The molecule has 7 nitrogen and oxygen atoms in total. The van der Waals surface area contributed by atoms with Gasteiger partial charge >= 0.3 is 0 Å². The van der Waals surface area contributed by atoms with Gasteiger partial charge in [-0.1, -0.05) is 29.5 Å². The first-order chi connectivity index (χ1) is 12.7. The fraction of sp³-hybridized carbons (Fsp3) is 0.167. The Morgan fingerprint density at radius 1 is 0.962 bits per heavy atom. The van der Waals surface area contributed by atoms with E-state index in [0.29, 0.717) is 33.0 Å². The zero-order valence-corrected chi connectivity index (χ0v) is 15.3. The van der Waals surface area contributed by atoms with Gasteiger partial charge in [0.25, 0.3) is 5.91 Å². The molecule has 1 heterocycles. The van der Waals surface area contributed by atoms with Crippen molar-refractivity contribution in [3.63, 3.8) is 0 Å². The van der Waals surface area contributed by atoms with Crippen molar-refractivity contribution in [2.45, 2.75) is 0 Å². The minimum absolute atomic E-state index is 0.238. The Kier molecular flexibility index (Phi) is 5.33. The molecule has 1 amide bonds. The quantitative estimate of drug-likeness (QED) is 0.714. The Balaban J connectivity index is 1.87. The van der Waals surface area contributed by atoms with E-state index in [1.807, 2.05) is 6.07 Å². The van der Waals surface area contributed by atoms with Gasteiger partial charge in [-0.05, 0) is 24.3 Å². The maximum Gasteiger partial charge on any atom is 0.257 e. The van der Waals surface area contributed by atoms with E-state index in [9.17, 15) is 4.79 Å². The van der Waals surface area contributed by atoms with Gasteiger partial charge in [0.1, 0.15) is 5.01 Å². The van der Waals surface area contributed by atoms with Crippen LogP contribution < -0.4 is 19.5 Å². The van der Waals surface area contributed by atoms with Gasteiger partial charge in [-0.2, -0.15) is 0 Å². The summed E-state index contributed by atoms with van der Waals surface area (Å²) in [5.74, 6) is 1.30. The lowest BCUT2D eigenvalue weighted by Gasteiger charge is -2.13. The zero-order valence-electron chi connectivity index (χ0n) is 14.5. The van der Waals surface area contributed by atoms with Crippen molar-refractivity contribution in [3.05, 3.63) is 48.0 Å². The molecule has 0 saturated carbocycles. The molecule has 3 rings (SSSR count). The lowest BCUT2D eigenvalue weighted by atomic mass is 10.2. The van der Waals surface area contributed by atoms with E-state index in [4.69, 9.17) is 14.2 Å². The van der Waals surface area contributed by atoms with Crippen LogP contribution in [0.15, 0.2) is 42.5 Å². The van der Waals surface area contributed by atoms with Crippen LogP contribution in [0.1, 0.15) is 10.4 Å². The van der Waals surface area contributed by atoms with Gasteiger partial charge < -0.3 is 14.2 Å². The van der Waals surface area contributed by atoms with Crippen LogP contribution in [-0.2, 0) is 0 Å². The van der Waals surface area contributed by atoms with Crippen LogP contribution in [0, 0.1) is 0 Å². The minimum Gasteiger partial charge on any atom is -0.493 e. The van der Waals surface area contributed by atoms with Crippen LogP contribution in [0.4, 0.5) is 5.13 Å². The SMILES string of the molecule is COc1cc(-c2nnc(NC(=O)c3ccccc3)s2)cc(OC)c1OC. The highest BCUT2D eigenvalue weighted by Crippen LogP contribution is 2.42. The van der Waals surface area contributed by atoms with E-state index >= 15 is 0 Å². The number of carbonyl (C=O) groups is 1. The molecule has 0 fully saturated rings. The number of carbonyl (C=O) groups excluding carboxylic acids is 1. The number of aromatic nitrogens is 2. The molecule has 0 bridgehead atoms. The molecule has 0 spiro atoms. The molecule has 2 aromatic carbocycles. The average molecular weight is 371 g/mol. The van der Waals surface area contributed by atoms with Crippen LogP contribution in [-0.4, -0.2) is 37.4 Å². The van der Waals surface area contributed by atoms with Crippen LogP contribution in [0.5, 0.6) is 17.2 Å². The van der Waals surface area contributed by atoms with Gasteiger partial charge in [0.15, 0.2) is 11.5 Å². The summed E-state index contributed by atoms with van der Waals surface area (Å²) in [6, 6.07) is 12.5. The van der Waals surface area contributed by atoms with E-state index in [-0.39, 0.29) is 5.91 Å². The predicted molar refractivity (Wildman–Crippen MR) is 99.4 cm³/mol. The number of methoxy groups -OCH3 is 3. The summed E-state index contributed by atoms with van der Waals surface area (Å²) in [5, 5.41) is 11.9. The van der Waals surface area contributed by atoms with Crippen molar-refractivity contribution in [2.24, 2.45) is 0 Å². The maximum absolute atomic E-state index is 12.2. The summed E-state index contributed by atoms with van der Waals surface area (Å²) >= 11 is 1.25. The Morgan fingerprint density at radius 3 is 2.19 bits per heavy atom. The molecule has 0 aliphatic rings. The fourth-order valence-electron chi connectivity index (χ4n) is 2.35. The van der Waals surface area contributed by atoms with Crippen LogP contribution >= 0.6 is 11.3 Å². The first-order valence-electron chi connectivity index (χ1n) is 7.66. The highest BCUT2D eigenvalue weighted by Gasteiger charge is 2.17. The minimum atomic E-state index is -0.238. The molecule has 134 valence electrons. The summed E-state index contributed by atoms with van der Waals surface area (Å²) < 4.78 is 16.0. The molecule has 0 radical (unpaired) electrons. The molecule has 1 aromatic heterocycles. The number of hydrogen-bond acceptors (Lipinski definition) is 7. The number of rotatable bonds is 6. The number of anilines is 1. The van der Waals surface area contributed by atoms with Gasteiger partial charge in [-0.3, -0.25) is 10.1 Å². The first kappa shape index (κ1) is 17.7. The third kappa shape index (κ3) is 3.60. The van der Waals surface area contributed by atoms with E-state index in [2.05, 4.69) is 15.5 Å². The van der Waals surface area contributed by atoms with Gasteiger partial charge in [0.2, 0.25) is 10.9 Å². The molecule has 3 aromatic rings. The molecule has 0 unspecified atom stereocenters. The summed E-state index contributed by atoms with van der Waals surface area (Å²) in [6.07, 6.45) is 0. The second-order valence-electron chi connectivity index (χ2n) is 5.15. The largest absolute Gasteiger partial charge is 0.493 e. The predicted octanol–water partition coefficient (Wildman–Crippen LogP) is 3.48. The zero-order chi connectivity index (χ0) is 18.5. The van der Waals surface area contributed by atoms with Crippen molar-refractivity contribution in [3.8, 4) is 27.8 Å². The third-order valence-electron chi connectivity index (χ3n) is 3.59. The van der Waals surface area contributed by atoms with E-state index < -0.39 is 0 Å². The second-order valence-corrected chi connectivity index (χ2v) is 6.12. The van der Waals surface area contributed by atoms with Crippen LogP contribution in [0.3, 0.4) is 0 Å². The maximum atomic E-state index is 12.2. The molecule has 0 saturated heterocycles. The second kappa shape index (κ2) is 7.83. The smallest absolute Gasteiger partial charge is 0.257 e. The number of nitrogens with zero attached hydrogens (tertiary/aromatic N) is 2. The summed E-state index contributed by atoms with van der Waals surface area (Å²) in [6.45, 7) is 0. The monoisotopic (exact) mass is 371 g/mol. The number of benzene rings is 2. The number of nitrogens with one attached hydrogen (secondary N) is 1. The summed E-state index contributed by atoms with van der Waals surface area (Å²) in [4.78, 5) is 12.2. The molecule has 0 aliphatic carbocycles. The Morgan fingerprint density at radius 2 is 1.62 bits per heavy atom. The highest BCUT2D eigenvalue weighted by molar-refractivity contribution is 7.18. The topological polar surface area (TPSA) is 82.6 Å². The third-order valence-corrected chi connectivity index (χ3v) is 4.48. The van der Waals surface area contributed by atoms with Crippen molar-refractivity contribution < 1.29 is 19.0 Å². The molecule has 1 N–H and O–H groups in total. The Labute approximate surface area is 154 Å². The molecular formula is C18H17N3O4S. The molecule has 0 aliphatic heterocycles. The fourth-order valence-corrected chi connectivity index (χ4v) is 3.08. The van der Waals surface area contributed by atoms with E-state index in [0.717, 1.165) is 5.56 Å². The van der Waals surface area contributed by atoms with Crippen molar-refractivity contribution in [1.82, 2.24) is 10.2 Å². The lowest BCUT2D eigenvalue weighted by Crippen LogP contribution is -2.11. The van der Waals surface area contributed by atoms with Crippen molar-refractivity contribution >= 4 is 22.4 Å². The number of hydrogen-bond donors (Lipinski definition) is 1. The summed E-state index contributed by atoms with van der Waals surface area (Å²) in [7, 11) is 4.64. The van der Waals surface area contributed by atoms with Crippen LogP contribution in [0.2, 0.25) is 0 Å². The Hall–Kier alpha value is -3.13. The van der Waals surface area contributed by atoms with E-state index in [1.165, 1.54) is 11.3 Å². The van der Waals surface area contributed by atoms with Gasteiger partial charge in [-0.15, -0.1) is 10.2 Å². The number of amides is 1. The van der Waals surface area contributed by atoms with Gasteiger partial charge in [0, 0.05) is 11.1 Å². The van der Waals surface area contributed by atoms with E-state index in [1.54, 1.807) is 57.7 Å². The first-order valence-corrected chi connectivity index (χ1v) is 8.48.